The van der Waals surface area contributed by atoms with Gasteiger partial charge in [-0.2, -0.15) is 0 Å². The van der Waals surface area contributed by atoms with Crippen molar-refractivity contribution in [3.63, 3.8) is 0 Å². The minimum atomic E-state index is -1.18. The molecule has 1 aliphatic rings. The number of benzene rings is 1. The highest BCUT2D eigenvalue weighted by Crippen LogP contribution is 2.24. The monoisotopic (exact) mass is 395 g/mol. The maximum Gasteiger partial charge on any atom is 0.239 e. The molecule has 3 amide bonds. The van der Waals surface area contributed by atoms with Gasteiger partial charge >= 0.3 is 0 Å². The van der Waals surface area contributed by atoms with Crippen LogP contribution in [0.25, 0.3) is 0 Å². The number of carbonyl (C=O) groups excluding carboxylic acids is 3. The van der Waals surface area contributed by atoms with Gasteiger partial charge in [0.25, 0.3) is 0 Å². The Labute approximate surface area is 150 Å². The molecule has 1 saturated heterocycles. The molecule has 0 aromatic heterocycles. The van der Waals surface area contributed by atoms with E-state index in [-0.39, 0.29) is 17.7 Å². The molecule has 0 radical (unpaired) electrons. The summed E-state index contributed by atoms with van der Waals surface area (Å²) in [6, 6.07) is 7.23. The Kier molecular flexibility index (Phi) is 5.64. The third-order valence-electron chi connectivity index (χ3n) is 4.20. The van der Waals surface area contributed by atoms with Gasteiger partial charge in [-0.25, -0.2) is 0 Å². The van der Waals surface area contributed by atoms with E-state index in [0.717, 1.165) is 4.47 Å². The van der Waals surface area contributed by atoms with Gasteiger partial charge in [-0.3, -0.25) is 14.4 Å². The van der Waals surface area contributed by atoms with Crippen LogP contribution in [0.4, 0.5) is 5.69 Å². The van der Waals surface area contributed by atoms with E-state index in [0.29, 0.717) is 31.9 Å². The molecule has 1 fully saturated rings. The zero-order valence-electron chi connectivity index (χ0n) is 14.1. The second-order valence-electron chi connectivity index (χ2n) is 6.39. The predicted molar refractivity (Wildman–Crippen MR) is 95.4 cm³/mol. The number of nitrogens with one attached hydrogen (secondary N) is 1. The van der Waals surface area contributed by atoms with Gasteiger partial charge < -0.3 is 15.1 Å². The Morgan fingerprint density at radius 3 is 2.21 bits per heavy atom. The second-order valence-corrected chi connectivity index (χ2v) is 7.30. The van der Waals surface area contributed by atoms with Gasteiger partial charge in [0.05, 0.1) is 0 Å². The largest absolute Gasteiger partial charge is 0.339 e. The van der Waals surface area contributed by atoms with Crippen molar-refractivity contribution in [3.05, 3.63) is 28.7 Å². The van der Waals surface area contributed by atoms with Gasteiger partial charge in [-0.05, 0) is 32.0 Å². The molecule has 1 aromatic carbocycles. The molecule has 24 heavy (non-hydrogen) atoms. The summed E-state index contributed by atoms with van der Waals surface area (Å²) in [4.78, 5) is 40.0. The van der Waals surface area contributed by atoms with Crippen LogP contribution in [0.1, 0.15) is 20.8 Å². The van der Waals surface area contributed by atoms with Crippen molar-refractivity contribution in [2.75, 3.05) is 31.5 Å². The first kappa shape index (κ1) is 18.4. The molecule has 1 N–H and O–H groups in total. The Morgan fingerprint density at radius 2 is 1.67 bits per heavy atom. The number of carbonyl (C=O) groups is 3. The molecule has 0 aliphatic carbocycles. The molecule has 130 valence electrons. The van der Waals surface area contributed by atoms with E-state index in [1.165, 1.54) is 6.92 Å². The van der Waals surface area contributed by atoms with E-state index in [1.54, 1.807) is 35.8 Å². The van der Waals surface area contributed by atoms with Crippen molar-refractivity contribution in [2.24, 2.45) is 5.41 Å². The second kappa shape index (κ2) is 7.34. The number of piperazine rings is 1. The number of amides is 3. The molecule has 2 rings (SSSR count). The van der Waals surface area contributed by atoms with Crippen LogP contribution in [0.15, 0.2) is 28.7 Å². The average molecular weight is 396 g/mol. The molecule has 0 unspecified atom stereocenters. The SMILES string of the molecule is CC(=O)N1CCN(C(=O)C(C)(C)C(=O)Nc2cccc(Br)c2)CC1. The zero-order valence-corrected chi connectivity index (χ0v) is 15.7. The summed E-state index contributed by atoms with van der Waals surface area (Å²) in [6.07, 6.45) is 0. The molecule has 0 atom stereocenters. The lowest BCUT2D eigenvalue weighted by molar-refractivity contribution is -0.149. The molecule has 1 heterocycles. The molecule has 1 aliphatic heterocycles. The van der Waals surface area contributed by atoms with Crippen molar-refractivity contribution < 1.29 is 14.4 Å². The first-order valence-electron chi connectivity index (χ1n) is 7.83. The fourth-order valence-corrected chi connectivity index (χ4v) is 2.97. The summed E-state index contributed by atoms with van der Waals surface area (Å²) in [7, 11) is 0. The van der Waals surface area contributed by atoms with E-state index >= 15 is 0 Å². The molecule has 0 bridgehead atoms. The smallest absolute Gasteiger partial charge is 0.239 e. The number of hydrogen-bond donors (Lipinski definition) is 1. The Bertz CT molecular complexity index is 652. The third kappa shape index (κ3) is 4.14. The van der Waals surface area contributed by atoms with Crippen LogP contribution in [-0.4, -0.2) is 53.7 Å². The van der Waals surface area contributed by atoms with Crippen LogP contribution in [0.5, 0.6) is 0 Å². The molecule has 0 spiro atoms. The highest BCUT2D eigenvalue weighted by molar-refractivity contribution is 9.10. The standard InChI is InChI=1S/C17H22BrN3O3/c1-12(22)20-7-9-21(10-8-20)16(24)17(2,3)15(23)19-14-6-4-5-13(18)11-14/h4-6,11H,7-10H2,1-3H3,(H,19,23). The number of halogens is 1. The number of hydrogen-bond acceptors (Lipinski definition) is 3. The first-order chi connectivity index (χ1) is 11.2. The van der Waals surface area contributed by atoms with Gasteiger partial charge in [0.2, 0.25) is 17.7 Å². The van der Waals surface area contributed by atoms with Crippen LogP contribution < -0.4 is 5.32 Å². The highest BCUT2D eigenvalue weighted by atomic mass is 79.9. The van der Waals surface area contributed by atoms with E-state index in [1.807, 2.05) is 12.1 Å². The Hall–Kier alpha value is -1.89. The summed E-state index contributed by atoms with van der Waals surface area (Å²) in [5, 5.41) is 2.79. The van der Waals surface area contributed by atoms with Crippen molar-refractivity contribution in [1.29, 1.82) is 0 Å². The predicted octanol–water partition coefficient (Wildman–Crippen LogP) is 2.10. The molecule has 0 saturated carbocycles. The maximum atomic E-state index is 12.7. The lowest BCUT2D eigenvalue weighted by atomic mass is 9.89. The summed E-state index contributed by atoms with van der Waals surface area (Å²) < 4.78 is 0.852. The minimum Gasteiger partial charge on any atom is -0.339 e. The normalized spacial score (nSPS) is 15.2. The quantitative estimate of drug-likeness (QED) is 0.796. The van der Waals surface area contributed by atoms with E-state index in [9.17, 15) is 14.4 Å². The molecule has 1 aromatic rings. The minimum absolute atomic E-state index is 0.00811. The number of rotatable bonds is 3. The van der Waals surface area contributed by atoms with Crippen LogP contribution in [0.2, 0.25) is 0 Å². The van der Waals surface area contributed by atoms with Crippen molar-refractivity contribution in [1.82, 2.24) is 9.80 Å². The Balaban J connectivity index is 2.02. The third-order valence-corrected chi connectivity index (χ3v) is 4.69. The summed E-state index contributed by atoms with van der Waals surface area (Å²) in [5.41, 5.74) is -0.544. The van der Waals surface area contributed by atoms with Crippen LogP contribution in [-0.2, 0) is 14.4 Å². The first-order valence-corrected chi connectivity index (χ1v) is 8.63. The van der Waals surface area contributed by atoms with Crippen LogP contribution in [0.3, 0.4) is 0 Å². The van der Waals surface area contributed by atoms with E-state index < -0.39 is 5.41 Å². The maximum absolute atomic E-state index is 12.7. The van der Waals surface area contributed by atoms with Crippen molar-refractivity contribution >= 4 is 39.3 Å². The van der Waals surface area contributed by atoms with Gasteiger partial charge in [-0.15, -0.1) is 0 Å². The number of nitrogens with zero attached hydrogens (tertiary/aromatic N) is 2. The molecule has 6 nitrogen and oxygen atoms in total. The van der Waals surface area contributed by atoms with Gasteiger partial charge in [-0.1, -0.05) is 22.0 Å². The average Bonchev–Trinajstić information content (AvgIpc) is 2.54. The summed E-state index contributed by atoms with van der Waals surface area (Å²) in [6.45, 7) is 6.68. The Morgan fingerprint density at radius 1 is 1.08 bits per heavy atom. The number of anilines is 1. The van der Waals surface area contributed by atoms with Crippen molar-refractivity contribution in [3.8, 4) is 0 Å². The van der Waals surface area contributed by atoms with E-state index in [4.69, 9.17) is 0 Å². The lowest BCUT2D eigenvalue weighted by Gasteiger charge is -2.37. The van der Waals surface area contributed by atoms with Gasteiger partial charge in [0, 0.05) is 43.3 Å². The summed E-state index contributed by atoms with van der Waals surface area (Å²) in [5.74, 6) is -0.563. The molecule has 7 heteroatoms. The van der Waals surface area contributed by atoms with Crippen LogP contribution in [0, 0.1) is 5.41 Å². The fourth-order valence-electron chi connectivity index (χ4n) is 2.57. The molecular weight excluding hydrogens is 374 g/mol. The fraction of sp³-hybridized carbons (Fsp3) is 0.471. The molecular formula is C17H22BrN3O3. The highest BCUT2D eigenvalue weighted by Gasteiger charge is 2.40. The van der Waals surface area contributed by atoms with E-state index in [2.05, 4.69) is 21.2 Å². The zero-order chi connectivity index (χ0) is 17.9. The van der Waals surface area contributed by atoms with Gasteiger partial charge in [0.1, 0.15) is 5.41 Å². The van der Waals surface area contributed by atoms with Crippen molar-refractivity contribution in [2.45, 2.75) is 20.8 Å². The summed E-state index contributed by atoms with van der Waals surface area (Å²) >= 11 is 3.35. The van der Waals surface area contributed by atoms with Gasteiger partial charge in [0.15, 0.2) is 0 Å². The van der Waals surface area contributed by atoms with Crippen LogP contribution >= 0.6 is 15.9 Å². The topological polar surface area (TPSA) is 69.7 Å². The lowest BCUT2D eigenvalue weighted by Crippen LogP contribution is -2.55.